The van der Waals surface area contributed by atoms with Crippen molar-refractivity contribution in [2.75, 3.05) is 26.1 Å². The zero-order chi connectivity index (χ0) is 23.4. The number of carbonyl (C=O) groups excluding carboxylic acids is 2. The molecular formula is C26H27N4O3+. The third-order valence-electron chi connectivity index (χ3n) is 5.61. The smallest absolute Gasteiger partial charge is 0.304 e. The van der Waals surface area contributed by atoms with E-state index in [1.54, 1.807) is 36.1 Å². The standard InChI is InChI=1S/C26H26N4O3/c1-29(2)21-13-9-18(10-14-21)17-30-24(19-11-15-22(33-3)16-12-19)23(26(32)28-30)27-25(31)20-7-5-4-6-8-20/h4-17,23-24H,1-3H3,(H-,27,28,31,32)/p+1/t23-,24+/m0/s1. The lowest BCUT2D eigenvalue weighted by Crippen LogP contribution is -2.42. The predicted molar refractivity (Wildman–Crippen MR) is 128 cm³/mol. The molecular weight excluding hydrogens is 416 g/mol. The second-order valence-electron chi connectivity index (χ2n) is 8.03. The number of hydrazine groups is 1. The number of anilines is 1. The predicted octanol–water partition coefficient (Wildman–Crippen LogP) is 2.78. The molecule has 2 N–H and O–H groups in total. The van der Waals surface area contributed by atoms with Gasteiger partial charge >= 0.3 is 5.91 Å². The van der Waals surface area contributed by atoms with Gasteiger partial charge in [-0.25, -0.2) is 0 Å². The summed E-state index contributed by atoms with van der Waals surface area (Å²) in [5, 5.41) is 2.91. The van der Waals surface area contributed by atoms with Gasteiger partial charge in [-0.2, -0.15) is 0 Å². The lowest BCUT2D eigenvalue weighted by molar-refractivity contribution is -0.596. The molecule has 1 heterocycles. The number of hydrazone groups is 1. The van der Waals surface area contributed by atoms with E-state index < -0.39 is 12.1 Å². The molecule has 0 spiro atoms. The topological polar surface area (TPSA) is 73.7 Å². The van der Waals surface area contributed by atoms with Crippen LogP contribution in [0.2, 0.25) is 0 Å². The maximum absolute atomic E-state index is 13.0. The molecule has 1 saturated heterocycles. The van der Waals surface area contributed by atoms with E-state index in [9.17, 15) is 9.59 Å². The first kappa shape index (κ1) is 22.1. The molecule has 7 heteroatoms. The molecule has 1 aliphatic rings. The van der Waals surface area contributed by atoms with Crippen molar-refractivity contribution in [3.05, 3.63) is 95.6 Å². The van der Waals surface area contributed by atoms with Crippen LogP contribution in [0.25, 0.3) is 0 Å². The molecule has 0 bridgehead atoms. The number of hydrogen-bond donors (Lipinski definition) is 2. The zero-order valence-electron chi connectivity index (χ0n) is 18.9. The Labute approximate surface area is 193 Å². The number of benzene rings is 3. The van der Waals surface area contributed by atoms with Crippen LogP contribution < -0.4 is 20.4 Å². The van der Waals surface area contributed by atoms with E-state index in [2.05, 4.69) is 10.7 Å². The number of ether oxygens (including phenoxy) is 1. The molecule has 1 fully saturated rings. The number of hydrogen-bond acceptors (Lipinski definition) is 4. The van der Waals surface area contributed by atoms with Crippen LogP contribution in [0.3, 0.4) is 0 Å². The summed E-state index contributed by atoms with van der Waals surface area (Å²) in [6.07, 6.45) is 1.88. The number of amides is 2. The highest BCUT2D eigenvalue weighted by molar-refractivity contribution is 5.98. The number of nitrogens with one attached hydrogen (secondary N) is 2. The van der Waals surface area contributed by atoms with Crippen molar-refractivity contribution < 1.29 is 19.0 Å². The molecule has 4 rings (SSSR count). The van der Waals surface area contributed by atoms with Gasteiger partial charge in [0.2, 0.25) is 12.3 Å². The van der Waals surface area contributed by atoms with Crippen LogP contribution in [0.5, 0.6) is 5.75 Å². The Morgan fingerprint density at radius 1 is 1.00 bits per heavy atom. The Balaban J connectivity index is 1.69. The molecule has 1 aliphatic heterocycles. The van der Waals surface area contributed by atoms with Crippen molar-refractivity contribution in [2.45, 2.75) is 12.1 Å². The Hall–Kier alpha value is -4.13. The Morgan fingerprint density at radius 2 is 1.67 bits per heavy atom. The van der Waals surface area contributed by atoms with Gasteiger partial charge in [-0.1, -0.05) is 18.2 Å². The molecule has 0 saturated carbocycles. The first-order valence-electron chi connectivity index (χ1n) is 10.7. The molecule has 0 aliphatic carbocycles. The minimum atomic E-state index is -0.775. The first-order valence-corrected chi connectivity index (χ1v) is 10.7. The van der Waals surface area contributed by atoms with Gasteiger partial charge in [-0.3, -0.25) is 9.59 Å². The highest BCUT2D eigenvalue weighted by atomic mass is 16.5. The summed E-state index contributed by atoms with van der Waals surface area (Å²) in [7, 11) is 5.58. The van der Waals surface area contributed by atoms with Crippen LogP contribution in [0, 0.1) is 0 Å². The normalized spacial score (nSPS) is 18.6. The van der Waals surface area contributed by atoms with Crippen molar-refractivity contribution in [2.24, 2.45) is 0 Å². The lowest BCUT2D eigenvalue weighted by atomic mass is 9.99. The van der Waals surface area contributed by atoms with Gasteiger partial charge in [-0.05, 0) is 60.7 Å². The molecule has 7 nitrogen and oxygen atoms in total. The molecule has 168 valence electrons. The van der Waals surface area contributed by atoms with E-state index in [0.717, 1.165) is 22.6 Å². The van der Waals surface area contributed by atoms with Crippen molar-refractivity contribution in [3.63, 3.8) is 0 Å². The second-order valence-corrected chi connectivity index (χ2v) is 8.03. The summed E-state index contributed by atoms with van der Waals surface area (Å²) in [6.45, 7) is 0. The van der Waals surface area contributed by atoms with Gasteiger partial charge in [0.05, 0.1) is 7.11 Å². The number of rotatable bonds is 6. The third-order valence-corrected chi connectivity index (χ3v) is 5.61. The van der Waals surface area contributed by atoms with E-state index in [-0.39, 0.29) is 11.8 Å². The fourth-order valence-corrected chi connectivity index (χ4v) is 3.81. The minimum Gasteiger partial charge on any atom is -0.497 e. The molecule has 3 aromatic rings. The fourth-order valence-electron chi connectivity index (χ4n) is 3.81. The Bertz CT molecular complexity index is 1160. The Kier molecular flexibility index (Phi) is 6.40. The lowest BCUT2D eigenvalue weighted by Gasteiger charge is -2.15. The van der Waals surface area contributed by atoms with Gasteiger partial charge < -0.3 is 15.0 Å². The largest absolute Gasteiger partial charge is 0.497 e. The summed E-state index contributed by atoms with van der Waals surface area (Å²) in [6, 6.07) is 23.2. The van der Waals surface area contributed by atoms with Crippen molar-refractivity contribution in [1.29, 1.82) is 0 Å². The van der Waals surface area contributed by atoms with Crippen molar-refractivity contribution in [1.82, 2.24) is 10.7 Å². The maximum Gasteiger partial charge on any atom is 0.304 e. The number of methoxy groups -OCH3 is 1. The second kappa shape index (κ2) is 9.56. The summed E-state index contributed by atoms with van der Waals surface area (Å²) < 4.78 is 7.03. The highest BCUT2D eigenvalue weighted by Gasteiger charge is 2.47. The quantitative estimate of drug-likeness (QED) is 0.575. The average molecular weight is 444 g/mol. The van der Waals surface area contributed by atoms with Crippen LogP contribution in [0.1, 0.15) is 27.5 Å². The first-order chi connectivity index (χ1) is 16.0. The van der Waals surface area contributed by atoms with Gasteiger partial charge in [0, 0.05) is 36.5 Å². The highest BCUT2D eigenvalue weighted by Crippen LogP contribution is 2.27. The third kappa shape index (κ3) is 4.87. The van der Waals surface area contributed by atoms with Gasteiger partial charge in [0.15, 0.2) is 6.04 Å². The van der Waals surface area contributed by atoms with E-state index in [0.29, 0.717) is 5.56 Å². The van der Waals surface area contributed by atoms with E-state index in [4.69, 9.17) is 4.74 Å². The van der Waals surface area contributed by atoms with Gasteiger partial charge in [0.25, 0.3) is 5.91 Å². The molecule has 0 aromatic heterocycles. The monoisotopic (exact) mass is 443 g/mol. The molecule has 0 unspecified atom stereocenters. The summed E-state index contributed by atoms with van der Waals surface area (Å²) in [4.78, 5) is 27.8. The summed E-state index contributed by atoms with van der Waals surface area (Å²) in [5.74, 6) is 0.142. The summed E-state index contributed by atoms with van der Waals surface area (Å²) in [5.41, 5.74) is 6.28. The van der Waals surface area contributed by atoms with Crippen LogP contribution in [-0.4, -0.2) is 50.0 Å². The average Bonchev–Trinajstić information content (AvgIpc) is 3.14. The van der Waals surface area contributed by atoms with Crippen LogP contribution >= 0.6 is 0 Å². The zero-order valence-corrected chi connectivity index (χ0v) is 18.9. The van der Waals surface area contributed by atoms with E-state index >= 15 is 0 Å². The van der Waals surface area contributed by atoms with Crippen molar-refractivity contribution in [3.8, 4) is 5.75 Å². The van der Waals surface area contributed by atoms with Crippen LogP contribution in [0.15, 0.2) is 78.9 Å². The Morgan fingerprint density at radius 3 is 2.27 bits per heavy atom. The molecule has 33 heavy (non-hydrogen) atoms. The maximum atomic E-state index is 13.0. The number of nitrogens with zero attached hydrogens (tertiary/aromatic N) is 2. The SMILES string of the molecule is COc1ccc([C@@H]2[C@H](NC(=O)c3ccccc3)C(=O)N/[N+]2=C\c2ccc(N(C)C)cc2)cc1. The van der Waals surface area contributed by atoms with Crippen LogP contribution in [-0.2, 0) is 4.79 Å². The minimum absolute atomic E-state index is 0.277. The van der Waals surface area contributed by atoms with Gasteiger partial charge in [0.1, 0.15) is 5.75 Å². The molecule has 2 amide bonds. The summed E-state index contributed by atoms with van der Waals surface area (Å²) >= 11 is 0. The molecule has 0 radical (unpaired) electrons. The van der Waals surface area contributed by atoms with E-state index in [1.165, 1.54) is 0 Å². The fraction of sp³-hybridized carbons (Fsp3) is 0.192. The van der Waals surface area contributed by atoms with E-state index in [1.807, 2.05) is 79.8 Å². The van der Waals surface area contributed by atoms with Crippen molar-refractivity contribution >= 4 is 23.7 Å². The molecule has 2 atom stereocenters. The van der Waals surface area contributed by atoms with Crippen LogP contribution in [0.4, 0.5) is 5.69 Å². The number of carbonyl (C=O) groups is 2. The molecule has 3 aromatic carbocycles. The van der Waals surface area contributed by atoms with Gasteiger partial charge in [-0.15, -0.1) is 10.1 Å².